The van der Waals surface area contributed by atoms with Gasteiger partial charge in [0, 0.05) is 25.6 Å². The maximum Gasteiger partial charge on any atom is 0.305 e. The number of carbonyl (C=O) groups excluding carboxylic acids is 2. The van der Waals surface area contributed by atoms with Crippen molar-refractivity contribution in [2.24, 2.45) is 0 Å². The Balaban J connectivity index is 2.43. The van der Waals surface area contributed by atoms with E-state index in [1.54, 1.807) is 14.0 Å². The van der Waals surface area contributed by atoms with E-state index in [9.17, 15) is 9.59 Å². The first-order chi connectivity index (χ1) is 8.06. The second-order valence-electron chi connectivity index (χ2n) is 3.74. The molecule has 0 fully saturated rings. The first kappa shape index (κ1) is 13.2. The van der Waals surface area contributed by atoms with E-state index in [-0.39, 0.29) is 17.6 Å². The predicted molar refractivity (Wildman–Crippen MR) is 59.5 cm³/mol. The minimum absolute atomic E-state index is 0.232. The van der Waals surface area contributed by atoms with Crippen molar-refractivity contribution in [3.63, 3.8) is 0 Å². The predicted octanol–water partition coefficient (Wildman–Crippen LogP) is 1.01. The zero-order chi connectivity index (χ0) is 12.8. The van der Waals surface area contributed by atoms with Crippen molar-refractivity contribution in [3.05, 3.63) is 17.5 Å². The molecule has 0 saturated heterocycles. The maximum absolute atomic E-state index is 11.8. The fraction of sp³-hybridized carbons (Fsp3) is 0.545. The molecule has 17 heavy (non-hydrogen) atoms. The van der Waals surface area contributed by atoms with Gasteiger partial charge in [0.2, 0.25) is 5.76 Å². The molecular weight excluding hydrogens is 224 g/mol. The Kier molecular flexibility index (Phi) is 4.68. The van der Waals surface area contributed by atoms with Crippen molar-refractivity contribution in [2.75, 3.05) is 20.7 Å². The van der Waals surface area contributed by atoms with Crippen molar-refractivity contribution in [2.45, 2.75) is 19.8 Å². The molecule has 0 aliphatic rings. The molecule has 94 valence electrons. The zero-order valence-corrected chi connectivity index (χ0v) is 10.2. The van der Waals surface area contributed by atoms with Crippen molar-refractivity contribution < 1.29 is 18.8 Å². The molecular formula is C11H16N2O4. The summed E-state index contributed by atoms with van der Waals surface area (Å²) in [6, 6.07) is 0. The van der Waals surface area contributed by atoms with E-state index in [4.69, 9.17) is 4.52 Å². The number of aromatic nitrogens is 1. The van der Waals surface area contributed by atoms with Gasteiger partial charge in [-0.2, -0.15) is 0 Å². The number of hydrogen-bond acceptors (Lipinski definition) is 5. The van der Waals surface area contributed by atoms with Crippen molar-refractivity contribution in [1.82, 2.24) is 10.1 Å². The Morgan fingerprint density at radius 1 is 1.53 bits per heavy atom. The molecule has 0 radical (unpaired) electrons. The molecule has 1 aromatic rings. The molecule has 0 aromatic carbocycles. The number of nitrogens with zero attached hydrogens (tertiary/aromatic N) is 2. The highest BCUT2D eigenvalue weighted by Crippen LogP contribution is 2.09. The van der Waals surface area contributed by atoms with Crippen LogP contribution < -0.4 is 0 Å². The van der Waals surface area contributed by atoms with Crippen LogP contribution in [0.25, 0.3) is 0 Å². The number of methoxy groups -OCH3 is 1. The Bertz CT molecular complexity index is 400. The quantitative estimate of drug-likeness (QED) is 0.718. The second-order valence-corrected chi connectivity index (χ2v) is 3.74. The topological polar surface area (TPSA) is 72.6 Å². The average Bonchev–Trinajstić information content (AvgIpc) is 2.74. The lowest BCUT2D eigenvalue weighted by molar-refractivity contribution is -0.140. The number of carbonyl (C=O) groups is 2. The summed E-state index contributed by atoms with van der Waals surface area (Å²) < 4.78 is 9.38. The van der Waals surface area contributed by atoms with Crippen LogP contribution in [0.2, 0.25) is 0 Å². The number of ether oxygens (including phenoxy) is 1. The Morgan fingerprint density at radius 2 is 2.24 bits per heavy atom. The molecule has 1 rings (SSSR count). The summed E-state index contributed by atoms with van der Waals surface area (Å²) in [5, 5.41) is 3.55. The van der Waals surface area contributed by atoms with E-state index in [1.165, 1.54) is 18.2 Å². The van der Waals surface area contributed by atoms with Crippen LogP contribution in [0.15, 0.2) is 10.7 Å². The summed E-state index contributed by atoms with van der Waals surface area (Å²) in [6.45, 7) is 2.22. The summed E-state index contributed by atoms with van der Waals surface area (Å²) >= 11 is 0. The third kappa shape index (κ3) is 3.58. The Hall–Kier alpha value is -1.85. The first-order valence-electron chi connectivity index (χ1n) is 5.29. The van der Waals surface area contributed by atoms with Crippen LogP contribution in [0, 0.1) is 6.92 Å². The summed E-state index contributed by atoms with van der Waals surface area (Å²) in [7, 11) is 3.00. The summed E-state index contributed by atoms with van der Waals surface area (Å²) in [5.41, 5.74) is 0.704. The number of hydrogen-bond donors (Lipinski definition) is 0. The van der Waals surface area contributed by atoms with Crippen molar-refractivity contribution in [1.29, 1.82) is 0 Å². The minimum Gasteiger partial charge on any atom is -0.469 e. The largest absolute Gasteiger partial charge is 0.469 e. The van der Waals surface area contributed by atoms with Crippen LogP contribution in [-0.2, 0) is 9.53 Å². The molecule has 0 unspecified atom stereocenters. The molecule has 1 heterocycles. The van der Waals surface area contributed by atoms with E-state index in [0.717, 1.165) is 0 Å². The lowest BCUT2D eigenvalue weighted by Gasteiger charge is -2.15. The third-order valence-corrected chi connectivity index (χ3v) is 2.39. The SMILES string of the molecule is COC(=O)CCCN(C)C(=O)c1oncc1C. The summed E-state index contributed by atoms with van der Waals surface area (Å²) in [4.78, 5) is 24.2. The van der Waals surface area contributed by atoms with Crippen LogP contribution in [0.5, 0.6) is 0 Å². The van der Waals surface area contributed by atoms with Gasteiger partial charge in [-0.05, 0) is 13.3 Å². The number of esters is 1. The number of aryl methyl sites for hydroxylation is 1. The average molecular weight is 240 g/mol. The molecule has 6 nitrogen and oxygen atoms in total. The van der Waals surface area contributed by atoms with Gasteiger partial charge in [-0.15, -0.1) is 0 Å². The van der Waals surface area contributed by atoms with Gasteiger partial charge >= 0.3 is 5.97 Å². The Morgan fingerprint density at radius 3 is 2.76 bits per heavy atom. The van der Waals surface area contributed by atoms with Gasteiger partial charge < -0.3 is 14.2 Å². The standard InChI is InChI=1S/C11H16N2O4/c1-8-7-12-17-10(8)11(15)13(2)6-4-5-9(14)16-3/h7H,4-6H2,1-3H3. The number of amides is 1. The van der Waals surface area contributed by atoms with E-state index < -0.39 is 0 Å². The molecule has 0 aliphatic heterocycles. The number of rotatable bonds is 5. The maximum atomic E-state index is 11.8. The van der Waals surface area contributed by atoms with E-state index in [2.05, 4.69) is 9.89 Å². The molecule has 0 N–H and O–H groups in total. The highest BCUT2D eigenvalue weighted by atomic mass is 16.5. The fourth-order valence-electron chi connectivity index (χ4n) is 1.33. The molecule has 0 bridgehead atoms. The fourth-order valence-corrected chi connectivity index (χ4v) is 1.33. The van der Waals surface area contributed by atoms with Gasteiger partial charge in [-0.3, -0.25) is 9.59 Å². The van der Waals surface area contributed by atoms with Gasteiger partial charge in [-0.1, -0.05) is 5.16 Å². The van der Waals surface area contributed by atoms with Gasteiger partial charge in [0.25, 0.3) is 5.91 Å². The van der Waals surface area contributed by atoms with Crippen LogP contribution in [0.1, 0.15) is 29.0 Å². The Labute approximate surface area is 99.5 Å². The molecule has 0 saturated carbocycles. The van der Waals surface area contributed by atoms with Gasteiger partial charge in [0.1, 0.15) is 0 Å². The van der Waals surface area contributed by atoms with E-state index in [0.29, 0.717) is 24.9 Å². The van der Waals surface area contributed by atoms with Crippen molar-refractivity contribution in [3.8, 4) is 0 Å². The minimum atomic E-state index is -0.276. The van der Waals surface area contributed by atoms with Crippen molar-refractivity contribution >= 4 is 11.9 Å². The lowest BCUT2D eigenvalue weighted by atomic mass is 10.2. The highest BCUT2D eigenvalue weighted by molar-refractivity contribution is 5.92. The second kappa shape index (κ2) is 6.03. The molecule has 6 heteroatoms. The molecule has 0 aliphatic carbocycles. The normalized spacial score (nSPS) is 10.1. The van der Waals surface area contributed by atoms with Gasteiger partial charge in [-0.25, -0.2) is 0 Å². The zero-order valence-electron chi connectivity index (χ0n) is 10.2. The third-order valence-electron chi connectivity index (χ3n) is 2.39. The van der Waals surface area contributed by atoms with Crippen LogP contribution in [0.4, 0.5) is 0 Å². The van der Waals surface area contributed by atoms with Crippen LogP contribution in [-0.4, -0.2) is 42.6 Å². The monoisotopic (exact) mass is 240 g/mol. The van der Waals surface area contributed by atoms with Crippen LogP contribution in [0.3, 0.4) is 0 Å². The lowest BCUT2D eigenvalue weighted by Crippen LogP contribution is -2.28. The van der Waals surface area contributed by atoms with E-state index >= 15 is 0 Å². The summed E-state index contributed by atoms with van der Waals surface area (Å²) in [6.07, 6.45) is 2.35. The molecule has 1 amide bonds. The first-order valence-corrected chi connectivity index (χ1v) is 5.29. The van der Waals surface area contributed by atoms with E-state index in [1.807, 2.05) is 0 Å². The van der Waals surface area contributed by atoms with Crippen LogP contribution >= 0.6 is 0 Å². The molecule has 0 atom stereocenters. The molecule has 1 aromatic heterocycles. The molecule has 0 spiro atoms. The summed E-state index contributed by atoms with van der Waals surface area (Å²) in [5.74, 6) is -0.267. The smallest absolute Gasteiger partial charge is 0.305 e. The van der Waals surface area contributed by atoms with Gasteiger partial charge in [0.05, 0.1) is 13.3 Å². The van der Waals surface area contributed by atoms with Gasteiger partial charge in [0.15, 0.2) is 0 Å². The highest BCUT2D eigenvalue weighted by Gasteiger charge is 2.18.